The Morgan fingerprint density at radius 1 is 1.50 bits per heavy atom. The normalized spacial score (nSPS) is 10.4. The maximum atomic E-state index is 5.47. The molecule has 2 aromatic heterocycles. The van der Waals surface area contributed by atoms with E-state index in [1.165, 1.54) is 11.3 Å². The average Bonchev–Trinajstić information content (AvgIpc) is 2.58. The van der Waals surface area contributed by atoms with Crippen LogP contribution in [0.1, 0.15) is 5.76 Å². The lowest BCUT2D eigenvalue weighted by atomic mass is 10.3. The van der Waals surface area contributed by atoms with Crippen LogP contribution < -0.4 is 5.73 Å². The van der Waals surface area contributed by atoms with Gasteiger partial charge in [0.25, 0.3) is 0 Å². The summed E-state index contributed by atoms with van der Waals surface area (Å²) in [5.41, 5.74) is 6.98. The summed E-state index contributed by atoms with van der Waals surface area (Å²) in [6.45, 7) is 1.84. The van der Waals surface area contributed by atoms with Gasteiger partial charge < -0.3 is 10.3 Å². The molecule has 2 N–H and O–H groups in total. The molecule has 0 aliphatic rings. The molecule has 0 radical (unpaired) electrons. The van der Waals surface area contributed by atoms with E-state index in [9.17, 15) is 0 Å². The van der Waals surface area contributed by atoms with Crippen molar-refractivity contribution in [2.24, 2.45) is 0 Å². The first-order valence-electron chi connectivity index (χ1n) is 3.40. The molecule has 0 bridgehead atoms. The zero-order valence-corrected chi connectivity index (χ0v) is 7.26. The van der Waals surface area contributed by atoms with Crippen LogP contribution in [0.4, 0.5) is 5.13 Å². The van der Waals surface area contributed by atoms with E-state index in [2.05, 4.69) is 10.1 Å². The summed E-state index contributed by atoms with van der Waals surface area (Å²) in [5.74, 6) is 0.775. The molecule has 0 spiro atoms. The molecular formula is C7H7N3OS. The molecule has 2 aromatic rings. The zero-order chi connectivity index (χ0) is 8.55. The summed E-state index contributed by atoms with van der Waals surface area (Å²) in [5, 5.41) is 6.21. The number of nitrogen functional groups attached to an aromatic ring is 1. The molecule has 0 aliphatic heterocycles. The van der Waals surface area contributed by atoms with Crippen LogP contribution in [-0.2, 0) is 0 Å². The molecule has 0 unspecified atom stereocenters. The number of rotatable bonds is 1. The number of nitrogens with two attached hydrogens (primary N) is 1. The number of aromatic nitrogens is 2. The summed E-state index contributed by atoms with van der Waals surface area (Å²) in [6, 6.07) is 1.83. The van der Waals surface area contributed by atoms with E-state index in [0.717, 1.165) is 17.1 Å². The Bertz CT molecular complexity index is 355. The standard InChI is InChI=1S/C7H7N3OS/c1-4-2-5(10-11-4)6-3-12-7(8)9-6/h2-3H,1H3,(H2,8,9). The van der Waals surface area contributed by atoms with Crippen LogP contribution in [0.5, 0.6) is 0 Å². The largest absolute Gasteiger partial charge is 0.375 e. The van der Waals surface area contributed by atoms with Crippen LogP contribution in [0.2, 0.25) is 0 Å². The van der Waals surface area contributed by atoms with Crippen molar-refractivity contribution in [2.75, 3.05) is 5.73 Å². The van der Waals surface area contributed by atoms with Gasteiger partial charge in [0.1, 0.15) is 17.1 Å². The molecule has 62 valence electrons. The molecule has 0 amide bonds. The van der Waals surface area contributed by atoms with E-state index in [0.29, 0.717) is 5.13 Å². The third-order valence-corrected chi connectivity index (χ3v) is 2.09. The lowest BCUT2D eigenvalue weighted by Crippen LogP contribution is -1.82. The Morgan fingerprint density at radius 3 is 2.83 bits per heavy atom. The van der Waals surface area contributed by atoms with Crippen molar-refractivity contribution in [2.45, 2.75) is 6.92 Å². The number of nitrogens with zero attached hydrogens (tertiary/aromatic N) is 2. The minimum absolute atomic E-state index is 0.547. The van der Waals surface area contributed by atoms with E-state index in [4.69, 9.17) is 10.3 Å². The Hall–Kier alpha value is -1.36. The molecule has 2 rings (SSSR count). The molecule has 2 heterocycles. The minimum Gasteiger partial charge on any atom is -0.375 e. The van der Waals surface area contributed by atoms with Gasteiger partial charge in [-0.2, -0.15) is 0 Å². The quantitative estimate of drug-likeness (QED) is 0.727. The van der Waals surface area contributed by atoms with Crippen LogP contribution in [0.3, 0.4) is 0 Å². The average molecular weight is 181 g/mol. The molecule has 0 atom stereocenters. The second-order valence-corrected chi connectivity index (χ2v) is 3.28. The number of hydrogen-bond donors (Lipinski definition) is 1. The van der Waals surface area contributed by atoms with Crippen molar-refractivity contribution >= 4 is 16.5 Å². The van der Waals surface area contributed by atoms with Gasteiger partial charge in [0.2, 0.25) is 0 Å². The smallest absolute Gasteiger partial charge is 0.180 e. The predicted octanol–water partition coefficient (Wildman–Crippen LogP) is 1.69. The second kappa shape index (κ2) is 2.60. The van der Waals surface area contributed by atoms with E-state index in [1.54, 1.807) is 0 Å². The molecular weight excluding hydrogens is 174 g/mol. The molecule has 0 saturated carbocycles. The summed E-state index contributed by atoms with van der Waals surface area (Å²) >= 11 is 1.39. The van der Waals surface area contributed by atoms with Crippen LogP contribution in [0, 0.1) is 6.92 Å². The number of aryl methyl sites for hydroxylation is 1. The first-order valence-corrected chi connectivity index (χ1v) is 4.28. The fourth-order valence-corrected chi connectivity index (χ4v) is 1.45. The van der Waals surface area contributed by atoms with Crippen molar-refractivity contribution in [3.8, 4) is 11.4 Å². The maximum absolute atomic E-state index is 5.47. The van der Waals surface area contributed by atoms with Crippen molar-refractivity contribution < 1.29 is 4.52 Å². The molecule has 12 heavy (non-hydrogen) atoms. The third-order valence-electron chi connectivity index (χ3n) is 1.41. The SMILES string of the molecule is Cc1cc(-c2csc(N)n2)no1. The fourth-order valence-electron chi connectivity index (χ4n) is 0.892. The van der Waals surface area contributed by atoms with Gasteiger partial charge in [-0.15, -0.1) is 11.3 Å². The summed E-state index contributed by atoms with van der Waals surface area (Å²) in [7, 11) is 0. The molecule has 0 aromatic carbocycles. The zero-order valence-electron chi connectivity index (χ0n) is 6.44. The van der Waals surface area contributed by atoms with Gasteiger partial charge in [-0.1, -0.05) is 5.16 Å². The summed E-state index contributed by atoms with van der Waals surface area (Å²) < 4.78 is 4.90. The Morgan fingerprint density at radius 2 is 2.33 bits per heavy atom. The van der Waals surface area contributed by atoms with E-state index in [1.807, 2.05) is 18.4 Å². The first kappa shape index (κ1) is 7.30. The highest BCUT2D eigenvalue weighted by atomic mass is 32.1. The topological polar surface area (TPSA) is 64.9 Å². The van der Waals surface area contributed by atoms with Crippen molar-refractivity contribution in [1.82, 2.24) is 10.1 Å². The summed E-state index contributed by atoms with van der Waals surface area (Å²) in [4.78, 5) is 4.07. The third kappa shape index (κ3) is 1.18. The second-order valence-electron chi connectivity index (χ2n) is 2.39. The number of anilines is 1. The van der Waals surface area contributed by atoms with Crippen LogP contribution in [0.25, 0.3) is 11.4 Å². The van der Waals surface area contributed by atoms with Crippen molar-refractivity contribution in [3.05, 3.63) is 17.2 Å². The number of hydrogen-bond acceptors (Lipinski definition) is 5. The van der Waals surface area contributed by atoms with Gasteiger partial charge in [0, 0.05) is 11.4 Å². The lowest BCUT2D eigenvalue weighted by Gasteiger charge is -1.82. The highest BCUT2D eigenvalue weighted by Gasteiger charge is 2.06. The lowest BCUT2D eigenvalue weighted by molar-refractivity contribution is 0.399. The monoisotopic (exact) mass is 181 g/mol. The van der Waals surface area contributed by atoms with Crippen LogP contribution >= 0.6 is 11.3 Å². The van der Waals surface area contributed by atoms with Crippen LogP contribution in [0.15, 0.2) is 16.0 Å². The number of thiazole rings is 1. The first-order chi connectivity index (χ1) is 5.75. The molecule has 0 fully saturated rings. The molecule has 0 aliphatic carbocycles. The predicted molar refractivity (Wildman–Crippen MR) is 46.8 cm³/mol. The Kier molecular flexibility index (Phi) is 1.58. The Balaban J connectivity index is 2.43. The molecule has 5 heteroatoms. The van der Waals surface area contributed by atoms with E-state index < -0.39 is 0 Å². The van der Waals surface area contributed by atoms with Gasteiger partial charge in [0.05, 0.1) is 0 Å². The fraction of sp³-hybridized carbons (Fsp3) is 0.143. The van der Waals surface area contributed by atoms with Gasteiger partial charge in [-0.05, 0) is 6.92 Å². The van der Waals surface area contributed by atoms with Gasteiger partial charge in [-0.3, -0.25) is 0 Å². The van der Waals surface area contributed by atoms with Crippen molar-refractivity contribution in [1.29, 1.82) is 0 Å². The molecule has 0 saturated heterocycles. The Labute approximate surface area is 73.0 Å². The van der Waals surface area contributed by atoms with Crippen molar-refractivity contribution in [3.63, 3.8) is 0 Å². The van der Waals surface area contributed by atoms with Gasteiger partial charge >= 0.3 is 0 Å². The highest BCUT2D eigenvalue weighted by Crippen LogP contribution is 2.22. The van der Waals surface area contributed by atoms with Gasteiger partial charge in [-0.25, -0.2) is 4.98 Å². The van der Waals surface area contributed by atoms with Crippen LogP contribution in [-0.4, -0.2) is 10.1 Å². The summed E-state index contributed by atoms with van der Waals surface area (Å²) in [6.07, 6.45) is 0. The maximum Gasteiger partial charge on any atom is 0.180 e. The highest BCUT2D eigenvalue weighted by molar-refractivity contribution is 7.13. The van der Waals surface area contributed by atoms with E-state index >= 15 is 0 Å². The van der Waals surface area contributed by atoms with Gasteiger partial charge in [0.15, 0.2) is 5.13 Å². The molecule has 4 nitrogen and oxygen atoms in total. The minimum atomic E-state index is 0.547. The van der Waals surface area contributed by atoms with E-state index in [-0.39, 0.29) is 0 Å².